The fourth-order valence-electron chi connectivity index (χ4n) is 3.67. The Morgan fingerprint density at radius 3 is 2.30 bits per heavy atom. The fourth-order valence-corrected chi connectivity index (χ4v) is 3.67. The van der Waals surface area contributed by atoms with Crippen LogP contribution < -0.4 is 5.32 Å². The molecule has 0 atom stereocenters. The number of ether oxygens (including phenoxy) is 2. The number of hydrogen-bond acceptors (Lipinski definition) is 5. The Balaban J connectivity index is 0.00000364. The summed E-state index contributed by atoms with van der Waals surface area (Å²) in [6.07, 6.45) is 3.52. The normalized spacial score (nSPS) is 20.6. The third kappa shape index (κ3) is 9.25. The first-order valence-corrected chi connectivity index (χ1v) is 10.3. The molecule has 0 aromatic heterocycles. The van der Waals surface area contributed by atoms with Gasteiger partial charge in [0.1, 0.15) is 0 Å². The Hall–Kier alpha value is -0.160. The molecule has 0 saturated carbocycles. The van der Waals surface area contributed by atoms with E-state index < -0.39 is 0 Å². The van der Waals surface area contributed by atoms with Crippen LogP contribution in [0.2, 0.25) is 0 Å². The van der Waals surface area contributed by atoms with E-state index in [-0.39, 0.29) is 24.0 Å². The Morgan fingerprint density at radius 1 is 1.04 bits per heavy atom. The van der Waals surface area contributed by atoms with Gasteiger partial charge in [-0.1, -0.05) is 6.92 Å². The van der Waals surface area contributed by atoms with Crippen LogP contribution in [0.1, 0.15) is 26.2 Å². The van der Waals surface area contributed by atoms with Gasteiger partial charge in [-0.25, -0.2) is 0 Å². The number of hydrogen-bond donors (Lipinski definition) is 1. The molecule has 0 aliphatic carbocycles. The highest BCUT2D eigenvalue weighted by molar-refractivity contribution is 14.0. The third-order valence-electron chi connectivity index (χ3n) is 5.42. The van der Waals surface area contributed by atoms with Crippen molar-refractivity contribution in [3.63, 3.8) is 0 Å². The van der Waals surface area contributed by atoms with E-state index in [4.69, 9.17) is 9.47 Å². The van der Waals surface area contributed by atoms with Crippen molar-refractivity contribution in [2.45, 2.75) is 32.3 Å². The number of guanidine groups is 1. The van der Waals surface area contributed by atoms with Crippen LogP contribution in [0.5, 0.6) is 0 Å². The minimum atomic E-state index is 0. The Bertz CT molecular complexity index is 398. The number of aliphatic imine (C=N–C) groups is 1. The lowest BCUT2D eigenvalue weighted by Crippen LogP contribution is -2.51. The number of nitrogens with zero attached hydrogens (tertiary/aromatic N) is 4. The van der Waals surface area contributed by atoms with Crippen molar-refractivity contribution in [3.05, 3.63) is 0 Å². The van der Waals surface area contributed by atoms with Gasteiger partial charge in [0.15, 0.2) is 5.96 Å². The number of piperidine rings is 1. The van der Waals surface area contributed by atoms with Crippen molar-refractivity contribution in [3.8, 4) is 0 Å². The van der Waals surface area contributed by atoms with Crippen LogP contribution in [-0.2, 0) is 9.47 Å². The molecule has 0 aromatic rings. The van der Waals surface area contributed by atoms with Crippen molar-refractivity contribution < 1.29 is 9.47 Å². The molecule has 7 nitrogen and oxygen atoms in total. The molecule has 0 bridgehead atoms. The number of rotatable bonds is 9. The SMILES string of the molecule is CCN1CCN(CCNC(=NC)N2CCC(OCCCOC)CC2)CC1.I. The molecule has 8 heteroatoms. The molecule has 0 amide bonds. The second kappa shape index (κ2) is 14.8. The predicted octanol–water partition coefficient (Wildman–Crippen LogP) is 1.33. The summed E-state index contributed by atoms with van der Waals surface area (Å²) in [5.41, 5.74) is 0. The van der Waals surface area contributed by atoms with Gasteiger partial charge in [-0.2, -0.15) is 0 Å². The maximum absolute atomic E-state index is 5.95. The van der Waals surface area contributed by atoms with Gasteiger partial charge >= 0.3 is 0 Å². The average Bonchev–Trinajstić information content (AvgIpc) is 2.70. The first-order chi connectivity index (χ1) is 12.8. The van der Waals surface area contributed by atoms with Gasteiger partial charge in [0, 0.05) is 79.7 Å². The van der Waals surface area contributed by atoms with Gasteiger partial charge in [-0.3, -0.25) is 9.89 Å². The van der Waals surface area contributed by atoms with Crippen LogP contribution >= 0.6 is 24.0 Å². The lowest BCUT2D eigenvalue weighted by atomic mass is 10.1. The largest absolute Gasteiger partial charge is 0.385 e. The molecule has 2 fully saturated rings. The zero-order chi connectivity index (χ0) is 18.6. The van der Waals surface area contributed by atoms with Crippen LogP contribution in [0.15, 0.2) is 4.99 Å². The predicted molar refractivity (Wildman–Crippen MR) is 122 cm³/mol. The zero-order valence-electron chi connectivity index (χ0n) is 17.5. The number of likely N-dealkylation sites (tertiary alicyclic amines) is 1. The fraction of sp³-hybridized carbons (Fsp3) is 0.947. The maximum Gasteiger partial charge on any atom is 0.193 e. The summed E-state index contributed by atoms with van der Waals surface area (Å²) in [6.45, 7) is 13.8. The number of likely N-dealkylation sites (N-methyl/N-ethyl adjacent to an activating group) is 1. The van der Waals surface area contributed by atoms with Gasteiger partial charge in [0.05, 0.1) is 6.10 Å². The van der Waals surface area contributed by atoms with E-state index in [0.29, 0.717) is 6.10 Å². The summed E-state index contributed by atoms with van der Waals surface area (Å²) in [5.74, 6) is 1.04. The van der Waals surface area contributed by atoms with E-state index in [1.54, 1.807) is 7.11 Å². The summed E-state index contributed by atoms with van der Waals surface area (Å²) in [7, 11) is 3.62. The van der Waals surface area contributed by atoms with Gasteiger partial charge in [0.2, 0.25) is 0 Å². The molecule has 27 heavy (non-hydrogen) atoms. The van der Waals surface area contributed by atoms with Gasteiger partial charge in [-0.05, 0) is 25.8 Å². The van der Waals surface area contributed by atoms with Crippen molar-refractivity contribution in [1.29, 1.82) is 0 Å². The molecule has 2 aliphatic heterocycles. The van der Waals surface area contributed by atoms with E-state index in [9.17, 15) is 0 Å². The molecule has 2 aliphatic rings. The molecule has 1 N–H and O–H groups in total. The molecule has 0 unspecified atom stereocenters. The topological polar surface area (TPSA) is 52.6 Å². The summed E-state index contributed by atoms with van der Waals surface area (Å²) < 4.78 is 11.0. The summed E-state index contributed by atoms with van der Waals surface area (Å²) in [5, 5.41) is 3.55. The van der Waals surface area contributed by atoms with E-state index >= 15 is 0 Å². The number of nitrogens with one attached hydrogen (secondary N) is 1. The third-order valence-corrected chi connectivity index (χ3v) is 5.42. The molecule has 160 valence electrons. The van der Waals surface area contributed by atoms with Gasteiger partial charge < -0.3 is 24.6 Å². The second-order valence-electron chi connectivity index (χ2n) is 7.15. The first-order valence-electron chi connectivity index (χ1n) is 10.3. The van der Waals surface area contributed by atoms with Gasteiger partial charge in [-0.15, -0.1) is 24.0 Å². The molecular weight excluding hydrogens is 457 g/mol. The summed E-state index contributed by atoms with van der Waals surface area (Å²) in [6, 6.07) is 0. The molecular formula is C19H40IN5O2. The monoisotopic (exact) mass is 497 g/mol. The Kier molecular flexibility index (Phi) is 13.6. The highest BCUT2D eigenvalue weighted by atomic mass is 127. The van der Waals surface area contributed by atoms with Crippen LogP contribution in [0.25, 0.3) is 0 Å². The van der Waals surface area contributed by atoms with Gasteiger partial charge in [0.25, 0.3) is 0 Å². The minimum absolute atomic E-state index is 0. The summed E-state index contributed by atoms with van der Waals surface area (Å²) in [4.78, 5) is 11.9. The molecule has 2 heterocycles. The molecule has 0 spiro atoms. The van der Waals surface area contributed by atoms with E-state index in [1.165, 1.54) is 32.7 Å². The lowest BCUT2D eigenvalue weighted by Gasteiger charge is -2.36. The van der Waals surface area contributed by atoms with Crippen LogP contribution in [0, 0.1) is 0 Å². The Morgan fingerprint density at radius 2 is 1.70 bits per heavy atom. The van der Waals surface area contributed by atoms with Crippen LogP contribution in [0.3, 0.4) is 0 Å². The molecule has 0 aromatic carbocycles. The maximum atomic E-state index is 5.95. The number of piperazine rings is 1. The average molecular weight is 497 g/mol. The second-order valence-corrected chi connectivity index (χ2v) is 7.15. The first kappa shape index (κ1) is 24.9. The van der Waals surface area contributed by atoms with Crippen molar-refractivity contribution >= 4 is 29.9 Å². The summed E-state index contributed by atoms with van der Waals surface area (Å²) >= 11 is 0. The lowest BCUT2D eigenvalue weighted by molar-refractivity contribution is 0.00989. The standard InChI is InChI=1S/C19H39N5O2.HI/c1-4-22-12-14-23(15-13-22)11-8-21-19(20-2)24-9-6-18(7-10-24)26-17-5-16-25-3;/h18H,4-17H2,1-3H3,(H,20,21);1H. The quantitative estimate of drug-likeness (QED) is 0.225. The van der Waals surface area contributed by atoms with E-state index in [0.717, 1.165) is 64.6 Å². The van der Waals surface area contributed by atoms with Crippen LogP contribution in [0.4, 0.5) is 0 Å². The highest BCUT2D eigenvalue weighted by Crippen LogP contribution is 2.14. The van der Waals surface area contributed by atoms with Crippen LogP contribution in [-0.4, -0.2) is 113 Å². The van der Waals surface area contributed by atoms with Crippen molar-refractivity contribution in [2.75, 3.05) is 86.3 Å². The molecule has 2 rings (SSSR count). The smallest absolute Gasteiger partial charge is 0.193 e. The number of halogens is 1. The van der Waals surface area contributed by atoms with Crippen molar-refractivity contribution in [2.24, 2.45) is 4.99 Å². The number of methoxy groups -OCH3 is 1. The van der Waals surface area contributed by atoms with E-state index in [1.807, 2.05) is 7.05 Å². The van der Waals surface area contributed by atoms with E-state index in [2.05, 4.69) is 31.9 Å². The zero-order valence-corrected chi connectivity index (χ0v) is 19.8. The molecule has 0 radical (unpaired) electrons. The van der Waals surface area contributed by atoms with Crippen molar-refractivity contribution in [1.82, 2.24) is 20.0 Å². The highest BCUT2D eigenvalue weighted by Gasteiger charge is 2.22. The Labute approximate surface area is 182 Å². The minimum Gasteiger partial charge on any atom is -0.385 e. The molecule has 2 saturated heterocycles.